The summed E-state index contributed by atoms with van der Waals surface area (Å²) in [6.45, 7) is 11.8. The average Bonchev–Trinajstić information content (AvgIpc) is 3.32. The fourth-order valence-corrected chi connectivity index (χ4v) is 9.94. The van der Waals surface area contributed by atoms with E-state index in [2.05, 4.69) is 38.8 Å². The number of amides is 1. The molecule has 6 atom stereocenters. The van der Waals surface area contributed by atoms with Crippen LogP contribution in [0.15, 0.2) is 60.7 Å². The lowest BCUT2D eigenvalue weighted by Gasteiger charge is -2.45. The van der Waals surface area contributed by atoms with Gasteiger partial charge in [0.05, 0.1) is 6.42 Å². The van der Waals surface area contributed by atoms with E-state index in [9.17, 15) is 19.2 Å². The number of phosphoric ester groups is 1. The summed E-state index contributed by atoms with van der Waals surface area (Å²) in [5.74, 6) is -1.34. The number of carbonyl (C=O) groups excluding carboxylic acids is 4. The molecule has 0 radical (unpaired) electrons. The summed E-state index contributed by atoms with van der Waals surface area (Å²) in [6.07, 6.45) is 2.47. The predicted octanol–water partition coefficient (Wildman–Crippen LogP) is 15.6. The molecule has 1 aliphatic heterocycles. The van der Waals surface area contributed by atoms with Gasteiger partial charge in [-0.05, 0) is 63.4 Å². The molecule has 1 heterocycles. The SMILES string of the molecule is CCCCCCCCCCC[C@H](CC(=O)O[C@@H]1[C@@H](NC(=O)OCC(Cl)(Cl)Cl)[C@H](OCC[Si](C)(C)C)O[C@H](COC(=O)OC(C)(C)C(Cl)(Cl)Cl)[C@H]1OP(=O)(Oc1ccccc1)Oc1ccccc1)OC(=O)CCCCCC. The second-order valence-corrected chi connectivity index (χ2v) is 32.2. The Kier molecular flexibility index (Phi) is 30.4. The van der Waals surface area contributed by atoms with E-state index < -0.39 is 110 Å². The Balaban J connectivity index is 2.20. The Hall–Kier alpha value is -2.41. The van der Waals surface area contributed by atoms with Gasteiger partial charge in [0.2, 0.25) is 7.59 Å². The summed E-state index contributed by atoms with van der Waals surface area (Å²) in [7, 11) is -6.83. The van der Waals surface area contributed by atoms with Crippen LogP contribution in [0.3, 0.4) is 0 Å². The number of phosphoric acid groups is 1. The van der Waals surface area contributed by atoms with Crippen molar-refractivity contribution in [2.45, 2.75) is 206 Å². The van der Waals surface area contributed by atoms with Crippen molar-refractivity contribution in [1.82, 2.24) is 5.32 Å². The molecule has 3 rings (SSSR count). The summed E-state index contributed by atoms with van der Waals surface area (Å²) in [5, 5.41) is 2.62. The minimum Gasteiger partial charge on any atom is -0.462 e. The zero-order valence-corrected chi connectivity index (χ0v) is 51.1. The van der Waals surface area contributed by atoms with E-state index in [0.29, 0.717) is 25.3 Å². The van der Waals surface area contributed by atoms with Crippen molar-refractivity contribution in [3.8, 4) is 11.5 Å². The number of benzene rings is 2. The molecule has 0 spiro atoms. The lowest BCUT2D eigenvalue weighted by molar-refractivity contribution is -0.269. The number of alkyl halides is 6. The number of halogens is 6. The van der Waals surface area contributed by atoms with Crippen LogP contribution < -0.4 is 14.4 Å². The molecule has 1 aliphatic rings. The van der Waals surface area contributed by atoms with Crippen LogP contribution in [0.25, 0.3) is 0 Å². The smallest absolute Gasteiger partial charge is 0.462 e. The summed E-state index contributed by atoms with van der Waals surface area (Å²) >= 11 is 36.3. The normalized spacial score (nSPS) is 18.7. The third-order valence-corrected chi connectivity index (χ3v) is 16.6. The number of para-hydroxylation sites is 2. The first-order valence-corrected chi connectivity index (χ1v) is 33.5. The molecule has 0 aromatic heterocycles. The summed E-state index contributed by atoms with van der Waals surface area (Å²) in [4.78, 5) is 55.2. The Bertz CT molecular complexity index is 2020. The van der Waals surface area contributed by atoms with E-state index >= 15 is 4.57 Å². The molecule has 0 unspecified atom stereocenters. The van der Waals surface area contributed by atoms with Gasteiger partial charge in [0, 0.05) is 21.1 Å². The lowest BCUT2D eigenvalue weighted by Crippen LogP contribution is -2.66. The molecule has 0 bridgehead atoms. The van der Waals surface area contributed by atoms with Crippen molar-refractivity contribution >= 4 is 110 Å². The van der Waals surface area contributed by atoms with Gasteiger partial charge in [-0.2, -0.15) is 0 Å². The van der Waals surface area contributed by atoms with Gasteiger partial charge in [0.15, 0.2) is 18.0 Å². The lowest BCUT2D eigenvalue weighted by atomic mass is 9.96. The van der Waals surface area contributed by atoms with Gasteiger partial charge in [0.25, 0.3) is 0 Å². The van der Waals surface area contributed by atoms with E-state index in [-0.39, 0.29) is 24.5 Å². The van der Waals surface area contributed by atoms with Crippen LogP contribution in [0.5, 0.6) is 11.5 Å². The summed E-state index contributed by atoms with van der Waals surface area (Å²) < 4.78 is 71.1. The second kappa shape index (κ2) is 34.0. The average molecular weight is 1230 g/mol. The highest BCUT2D eigenvalue weighted by Crippen LogP contribution is 2.53. The first-order chi connectivity index (χ1) is 35.7. The molecule has 1 amide bonds. The van der Waals surface area contributed by atoms with E-state index in [1.54, 1.807) is 36.4 Å². The van der Waals surface area contributed by atoms with Gasteiger partial charge in [0.1, 0.15) is 49.1 Å². The van der Waals surface area contributed by atoms with Crippen LogP contribution in [0.4, 0.5) is 9.59 Å². The molecule has 0 aliphatic carbocycles. The fraction of sp³-hybridized carbons (Fsp3) is 0.692. The Morgan fingerprint density at radius 1 is 0.724 bits per heavy atom. The molecule has 2 aromatic rings. The molecule has 2 aromatic carbocycles. The number of carbonyl (C=O) groups is 4. The molecular weight excluding hydrogens is 1150 g/mol. The number of hydrogen-bond acceptors (Lipinski definition) is 15. The second-order valence-electron chi connectivity index (χ2n) is 20.3. The number of rotatable bonds is 34. The van der Waals surface area contributed by atoms with Gasteiger partial charge >= 0.3 is 32.0 Å². The Morgan fingerprint density at radius 2 is 1.26 bits per heavy atom. The highest BCUT2D eigenvalue weighted by atomic mass is 35.6. The van der Waals surface area contributed by atoms with Crippen molar-refractivity contribution in [1.29, 1.82) is 0 Å². The molecule has 432 valence electrons. The Morgan fingerprint density at radius 3 is 1.79 bits per heavy atom. The predicted molar refractivity (Wildman–Crippen MR) is 300 cm³/mol. The fourth-order valence-electron chi connectivity index (χ4n) is 7.50. The third kappa shape index (κ3) is 27.6. The van der Waals surface area contributed by atoms with Crippen LogP contribution in [-0.4, -0.2) is 102 Å². The van der Waals surface area contributed by atoms with Crippen molar-refractivity contribution in [2.24, 2.45) is 0 Å². The molecule has 76 heavy (non-hydrogen) atoms. The van der Waals surface area contributed by atoms with Crippen LogP contribution in [0.2, 0.25) is 25.7 Å². The number of hydrogen-bond donors (Lipinski definition) is 1. The van der Waals surface area contributed by atoms with Gasteiger partial charge in [-0.1, -0.05) is 210 Å². The van der Waals surface area contributed by atoms with Crippen molar-refractivity contribution in [2.75, 3.05) is 19.8 Å². The van der Waals surface area contributed by atoms with Gasteiger partial charge in [-0.3, -0.25) is 14.1 Å². The number of unbranched alkanes of at least 4 members (excludes halogenated alkanes) is 11. The monoisotopic (exact) mass is 1230 g/mol. The molecular formula is C52H78Cl6NO15PSi. The zero-order chi connectivity index (χ0) is 56.4. The summed E-state index contributed by atoms with van der Waals surface area (Å²) in [6, 6.07) is 14.8. The van der Waals surface area contributed by atoms with Gasteiger partial charge in [-0.15, -0.1) is 0 Å². The molecule has 1 saturated heterocycles. The van der Waals surface area contributed by atoms with E-state index in [1.807, 2.05) is 0 Å². The maximum Gasteiger partial charge on any atom is 0.588 e. The number of ether oxygens (including phenoxy) is 7. The van der Waals surface area contributed by atoms with Gasteiger partial charge < -0.3 is 47.5 Å². The first kappa shape index (κ1) is 67.9. The van der Waals surface area contributed by atoms with Crippen LogP contribution in [0, 0.1) is 0 Å². The van der Waals surface area contributed by atoms with E-state index in [0.717, 1.165) is 57.8 Å². The first-order valence-electron chi connectivity index (χ1n) is 26.1. The van der Waals surface area contributed by atoms with Crippen molar-refractivity contribution in [3.05, 3.63) is 60.7 Å². The van der Waals surface area contributed by atoms with Crippen molar-refractivity contribution < 1.29 is 70.5 Å². The molecule has 16 nitrogen and oxygen atoms in total. The van der Waals surface area contributed by atoms with E-state index in [1.165, 1.54) is 51.0 Å². The highest BCUT2D eigenvalue weighted by Gasteiger charge is 2.55. The molecule has 1 N–H and O–H groups in total. The molecule has 0 saturated carbocycles. The largest absolute Gasteiger partial charge is 0.588 e. The Labute approximate surface area is 480 Å². The standard InChI is InChI=1S/C52H78Cl6NO15PSi/c1-8-10-12-14-15-16-17-18-21-31-40(68-42(60)32-26-13-11-9-2)35-43(61)70-46-44(59-48(62)67-37-51(53,54)55)47(65-33-34-76(5,6)7)69-41(36-66-49(63)71-50(3,4)52(56,57)58)45(46)74-75(64,72-38-27-22-19-23-28-38)73-39-29-24-20-25-30-39/h19-20,22-25,27-30,40-41,44-47H,8-18,21,26,31-37H2,1-7H3,(H,59,62)/t40-,41-,44-,45-,46-,47-/m1/s1. The van der Waals surface area contributed by atoms with Crippen molar-refractivity contribution in [3.63, 3.8) is 0 Å². The topological polar surface area (TPSA) is 190 Å². The maximum absolute atomic E-state index is 15.3. The molecule has 1 fully saturated rings. The number of esters is 2. The van der Waals surface area contributed by atoms with Crippen LogP contribution in [0.1, 0.15) is 130 Å². The molecule has 24 heteroatoms. The minimum absolute atomic E-state index is 0.0331. The number of alkyl carbamates (subject to hydrolysis) is 1. The minimum atomic E-state index is -5.00. The van der Waals surface area contributed by atoms with Gasteiger partial charge in [-0.25, -0.2) is 14.2 Å². The number of nitrogens with one attached hydrogen (secondary N) is 1. The maximum atomic E-state index is 15.3. The third-order valence-electron chi connectivity index (χ3n) is 11.8. The van der Waals surface area contributed by atoms with Crippen LogP contribution >= 0.6 is 77.4 Å². The van der Waals surface area contributed by atoms with E-state index in [4.69, 9.17) is 116 Å². The van der Waals surface area contributed by atoms with Crippen LogP contribution in [-0.2, 0) is 51.8 Å². The quantitative estimate of drug-likeness (QED) is 0.0174. The zero-order valence-electron chi connectivity index (χ0n) is 44.7. The summed E-state index contributed by atoms with van der Waals surface area (Å²) in [5.41, 5.74) is -1.73. The highest BCUT2D eigenvalue weighted by molar-refractivity contribution is 7.49.